The summed E-state index contributed by atoms with van der Waals surface area (Å²) in [5.41, 5.74) is 0.929. The van der Waals surface area contributed by atoms with Crippen LogP contribution in [-0.4, -0.2) is 23.7 Å². The Morgan fingerprint density at radius 2 is 2.00 bits per heavy atom. The maximum Gasteiger partial charge on any atom is 0.253 e. The Bertz CT molecular complexity index is 447. The Hall–Kier alpha value is -1.55. The van der Waals surface area contributed by atoms with Crippen LogP contribution in [0.15, 0.2) is 24.3 Å². The number of para-hydroxylation sites is 1. The number of nitrogens with one attached hydrogen (secondary N) is 2. The number of carbonyl (C=O) groups excluding carboxylic acids is 2. The van der Waals surface area contributed by atoms with E-state index >= 15 is 0 Å². The van der Waals surface area contributed by atoms with Crippen molar-refractivity contribution in [2.24, 2.45) is 0 Å². The van der Waals surface area contributed by atoms with Gasteiger partial charge >= 0.3 is 0 Å². The largest absolute Gasteiger partial charge is 0.352 e. The summed E-state index contributed by atoms with van der Waals surface area (Å²) in [7, 11) is 0. The highest BCUT2D eigenvalue weighted by Crippen LogP contribution is 2.15. The van der Waals surface area contributed by atoms with Crippen LogP contribution in [0.25, 0.3) is 0 Å². The average molecular weight is 283 g/mol. The number of benzene rings is 1. The van der Waals surface area contributed by atoms with Gasteiger partial charge in [-0.15, -0.1) is 11.6 Å². The summed E-state index contributed by atoms with van der Waals surface area (Å²) in [6.07, 6.45) is 1.95. The third-order valence-electron chi connectivity index (χ3n) is 2.61. The molecule has 1 rings (SSSR count). The molecule has 1 aromatic rings. The number of carbonyl (C=O) groups is 2. The Balaban J connectivity index is 2.77. The Labute approximate surface area is 118 Å². The number of rotatable bonds is 6. The molecule has 1 aromatic carbocycles. The fraction of sp³-hybridized carbons (Fsp3) is 0.429. The van der Waals surface area contributed by atoms with Gasteiger partial charge in [0, 0.05) is 6.54 Å². The molecule has 4 nitrogen and oxygen atoms in total. The number of hydrogen-bond donors (Lipinski definition) is 2. The minimum atomic E-state index is -0.642. The smallest absolute Gasteiger partial charge is 0.253 e. The van der Waals surface area contributed by atoms with Crippen LogP contribution in [0.4, 0.5) is 5.69 Å². The maximum atomic E-state index is 12.0. The SMILES string of the molecule is CCCCNC(=O)c1ccccc1NC(=O)[C@H](C)Cl. The molecule has 0 saturated carbocycles. The van der Waals surface area contributed by atoms with Crippen molar-refractivity contribution in [1.29, 1.82) is 0 Å². The van der Waals surface area contributed by atoms with E-state index in [4.69, 9.17) is 11.6 Å². The van der Waals surface area contributed by atoms with Gasteiger partial charge in [0.2, 0.25) is 5.91 Å². The molecule has 0 aliphatic heterocycles. The van der Waals surface area contributed by atoms with Crippen molar-refractivity contribution in [2.75, 3.05) is 11.9 Å². The topological polar surface area (TPSA) is 58.2 Å². The minimum absolute atomic E-state index is 0.188. The van der Waals surface area contributed by atoms with E-state index in [2.05, 4.69) is 17.6 Å². The van der Waals surface area contributed by atoms with Crippen LogP contribution in [0, 0.1) is 0 Å². The van der Waals surface area contributed by atoms with Crippen LogP contribution >= 0.6 is 11.6 Å². The molecule has 2 N–H and O–H groups in total. The molecule has 0 aromatic heterocycles. The quantitative estimate of drug-likeness (QED) is 0.623. The van der Waals surface area contributed by atoms with E-state index in [9.17, 15) is 9.59 Å². The van der Waals surface area contributed by atoms with E-state index in [1.165, 1.54) is 0 Å². The Morgan fingerprint density at radius 1 is 1.32 bits per heavy atom. The van der Waals surface area contributed by atoms with Crippen molar-refractivity contribution in [2.45, 2.75) is 32.1 Å². The highest BCUT2D eigenvalue weighted by molar-refractivity contribution is 6.32. The lowest BCUT2D eigenvalue weighted by Crippen LogP contribution is -2.27. The van der Waals surface area contributed by atoms with Crippen LogP contribution < -0.4 is 10.6 Å². The van der Waals surface area contributed by atoms with Crippen LogP contribution in [-0.2, 0) is 4.79 Å². The molecule has 5 heteroatoms. The molecule has 19 heavy (non-hydrogen) atoms. The Kier molecular flexibility index (Phi) is 6.36. The summed E-state index contributed by atoms with van der Waals surface area (Å²) in [6.45, 7) is 4.27. The predicted molar refractivity (Wildman–Crippen MR) is 77.6 cm³/mol. The first-order chi connectivity index (χ1) is 9.06. The van der Waals surface area contributed by atoms with Gasteiger partial charge in [-0.05, 0) is 25.5 Å². The zero-order valence-electron chi connectivity index (χ0n) is 11.2. The summed E-state index contributed by atoms with van der Waals surface area (Å²) in [4.78, 5) is 23.6. The molecule has 0 unspecified atom stereocenters. The van der Waals surface area contributed by atoms with E-state index in [0.29, 0.717) is 17.8 Å². The molecule has 0 bridgehead atoms. The maximum absolute atomic E-state index is 12.0. The molecule has 1 atom stereocenters. The molecule has 0 saturated heterocycles. The van der Waals surface area contributed by atoms with Crippen LogP contribution in [0.1, 0.15) is 37.0 Å². The molecular weight excluding hydrogens is 264 g/mol. The molecule has 2 amide bonds. The van der Waals surface area contributed by atoms with E-state index in [1.807, 2.05) is 0 Å². The first kappa shape index (κ1) is 15.5. The molecule has 0 aliphatic carbocycles. The van der Waals surface area contributed by atoms with Crippen molar-refractivity contribution in [3.8, 4) is 0 Å². The predicted octanol–water partition coefficient (Wildman–Crippen LogP) is 2.78. The molecule has 104 valence electrons. The van der Waals surface area contributed by atoms with Crippen molar-refractivity contribution in [1.82, 2.24) is 5.32 Å². The average Bonchev–Trinajstić information content (AvgIpc) is 2.39. The first-order valence-electron chi connectivity index (χ1n) is 6.38. The van der Waals surface area contributed by atoms with E-state index in [-0.39, 0.29) is 11.8 Å². The third-order valence-corrected chi connectivity index (χ3v) is 2.80. The number of unbranched alkanes of at least 4 members (excludes halogenated alkanes) is 1. The highest BCUT2D eigenvalue weighted by Gasteiger charge is 2.14. The molecule has 0 radical (unpaired) electrons. The summed E-state index contributed by atoms with van der Waals surface area (Å²) >= 11 is 5.70. The van der Waals surface area contributed by atoms with Gasteiger partial charge in [0.25, 0.3) is 5.91 Å². The monoisotopic (exact) mass is 282 g/mol. The zero-order chi connectivity index (χ0) is 14.3. The van der Waals surface area contributed by atoms with Gasteiger partial charge in [-0.1, -0.05) is 25.5 Å². The molecule has 0 fully saturated rings. The molecular formula is C14H19ClN2O2. The van der Waals surface area contributed by atoms with Crippen LogP contribution in [0.2, 0.25) is 0 Å². The summed E-state index contributed by atoms with van der Waals surface area (Å²) in [5, 5.41) is 4.83. The summed E-state index contributed by atoms with van der Waals surface area (Å²) < 4.78 is 0. The normalized spacial score (nSPS) is 11.7. The van der Waals surface area contributed by atoms with Gasteiger partial charge in [0.05, 0.1) is 11.3 Å². The lowest BCUT2D eigenvalue weighted by atomic mass is 10.1. The number of anilines is 1. The van der Waals surface area contributed by atoms with E-state index in [1.54, 1.807) is 31.2 Å². The lowest BCUT2D eigenvalue weighted by molar-refractivity contribution is -0.115. The number of hydrogen-bond acceptors (Lipinski definition) is 2. The van der Waals surface area contributed by atoms with Crippen LogP contribution in [0.3, 0.4) is 0 Å². The number of amides is 2. The van der Waals surface area contributed by atoms with Gasteiger partial charge in [0.1, 0.15) is 5.38 Å². The first-order valence-corrected chi connectivity index (χ1v) is 6.82. The summed E-state index contributed by atoms with van der Waals surface area (Å²) in [6, 6.07) is 6.88. The highest BCUT2D eigenvalue weighted by atomic mass is 35.5. The van der Waals surface area contributed by atoms with Crippen molar-refractivity contribution in [3.05, 3.63) is 29.8 Å². The third kappa shape index (κ3) is 4.91. The minimum Gasteiger partial charge on any atom is -0.352 e. The van der Waals surface area contributed by atoms with Crippen molar-refractivity contribution >= 4 is 29.1 Å². The van der Waals surface area contributed by atoms with Crippen LogP contribution in [0.5, 0.6) is 0 Å². The fourth-order valence-corrected chi connectivity index (χ4v) is 1.55. The lowest BCUT2D eigenvalue weighted by Gasteiger charge is -2.12. The van der Waals surface area contributed by atoms with Crippen molar-refractivity contribution < 1.29 is 9.59 Å². The van der Waals surface area contributed by atoms with Gasteiger partial charge in [0.15, 0.2) is 0 Å². The van der Waals surface area contributed by atoms with Gasteiger partial charge < -0.3 is 10.6 Å². The summed E-state index contributed by atoms with van der Waals surface area (Å²) in [5.74, 6) is -0.512. The molecule has 0 heterocycles. The van der Waals surface area contributed by atoms with Gasteiger partial charge in [-0.25, -0.2) is 0 Å². The van der Waals surface area contributed by atoms with Crippen molar-refractivity contribution in [3.63, 3.8) is 0 Å². The van der Waals surface area contributed by atoms with Gasteiger partial charge in [-0.3, -0.25) is 9.59 Å². The van der Waals surface area contributed by atoms with E-state index in [0.717, 1.165) is 12.8 Å². The second-order valence-corrected chi connectivity index (χ2v) is 4.91. The van der Waals surface area contributed by atoms with E-state index < -0.39 is 5.38 Å². The second-order valence-electron chi connectivity index (χ2n) is 4.26. The molecule has 0 aliphatic rings. The second kappa shape index (κ2) is 7.79. The number of halogens is 1. The zero-order valence-corrected chi connectivity index (χ0v) is 12.0. The number of alkyl halides is 1. The van der Waals surface area contributed by atoms with Gasteiger partial charge in [-0.2, -0.15) is 0 Å². The fourth-order valence-electron chi connectivity index (χ4n) is 1.50. The molecule has 0 spiro atoms. The Morgan fingerprint density at radius 3 is 2.63 bits per heavy atom. The standard InChI is InChI=1S/C14H19ClN2O2/c1-3-4-9-16-14(19)11-7-5-6-8-12(11)17-13(18)10(2)15/h5-8,10H,3-4,9H2,1-2H3,(H,16,19)(H,17,18)/t10-/m0/s1.